The molecule has 0 aliphatic heterocycles. The van der Waals surface area contributed by atoms with Crippen molar-refractivity contribution in [1.29, 1.82) is 0 Å². The van der Waals surface area contributed by atoms with E-state index in [1.165, 1.54) is 0 Å². The average molecular weight is 174 g/mol. The molecule has 0 saturated carbocycles. The Morgan fingerprint density at radius 2 is 1.77 bits per heavy atom. The van der Waals surface area contributed by atoms with Gasteiger partial charge in [0.1, 0.15) is 0 Å². The molecule has 1 aromatic rings. The Morgan fingerprint density at radius 1 is 1.00 bits per heavy atom. The zero-order chi connectivity index (χ0) is 9.26. The molecule has 2 rings (SSSR count). The molecular weight excluding hydrogens is 164 g/mol. The number of hydrogen-bond acceptors (Lipinski definition) is 2. The molecule has 0 atom stereocenters. The molecule has 1 aromatic carbocycles. The molecule has 0 unspecified atom stereocenters. The van der Waals surface area contributed by atoms with Crippen LogP contribution in [-0.4, -0.2) is 11.6 Å². The van der Waals surface area contributed by atoms with Gasteiger partial charge in [-0.3, -0.25) is 9.59 Å². The van der Waals surface area contributed by atoms with Crippen molar-refractivity contribution in [3.05, 3.63) is 35.4 Å². The Morgan fingerprint density at radius 3 is 2.62 bits per heavy atom. The van der Waals surface area contributed by atoms with E-state index in [0.29, 0.717) is 12.0 Å². The predicted molar refractivity (Wildman–Crippen MR) is 48.7 cm³/mol. The van der Waals surface area contributed by atoms with Crippen LogP contribution in [0.1, 0.15) is 28.8 Å². The van der Waals surface area contributed by atoms with Crippen LogP contribution in [0.15, 0.2) is 24.3 Å². The first-order valence-electron chi connectivity index (χ1n) is 4.44. The lowest BCUT2D eigenvalue weighted by molar-refractivity contribution is -0.115. The molecule has 0 radical (unpaired) electrons. The maximum atomic E-state index is 11.5. The smallest absolute Gasteiger partial charge is 0.228 e. The van der Waals surface area contributed by atoms with Crippen molar-refractivity contribution >= 4 is 11.6 Å². The van der Waals surface area contributed by atoms with E-state index in [0.717, 1.165) is 18.4 Å². The summed E-state index contributed by atoms with van der Waals surface area (Å²) in [6.45, 7) is 0. The van der Waals surface area contributed by atoms with Gasteiger partial charge in [0.25, 0.3) is 0 Å². The van der Waals surface area contributed by atoms with Gasteiger partial charge in [0, 0.05) is 12.0 Å². The number of rotatable bonds is 0. The van der Waals surface area contributed by atoms with E-state index in [-0.39, 0.29) is 11.6 Å². The Labute approximate surface area is 76.6 Å². The summed E-state index contributed by atoms with van der Waals surface area (Å²) in [4.78, 5) is 22.7. The third-order valence-corrected chi connectivity index (χ3v) is 2.37. The summed E-state index contributed by atoms with van der Waals surface area (Å²) >= 11 is 0. The molecule has 2 heteroatoms. The van der Waals surface area contributed by atoms with E-state index in [1.807, 2.05) is 12.1 Å². The van der Waals surface area contributed by atoms with Gasteiger partial charge in [0.2, 0.25) is 11.6 Å². The molecule has 13 heavy (non-hydrogen) atoms. The van der Waals surface area contributed by atoms with E-state index >= 15 is 0 Å². The molecule has 0 fully saturated rings. The maximum Gasteiger partial charge on any atom is 0.228 e. The van der Waals surface area contributed by atoms with Crippen molar-refractivity contribution in [2.75, 3.05) is 0 Å². The molecule has 0 spiro atoms. The lowest BCUT2D eigenvalue weighted by atomic mass is 10.0. The second kappa shape index (κ2) is 3.13. The van der Waals surface area contributed by atoms with Crippen molar-refractivity contribution in [2.45, 2.75) is 19.3 Å². The van der Waals surface area contributed by atoms with Crippen LogP contribution in [0.4, 0.5) is 0 Å². The first kappa shape index (κ1) is 8.17. The standard InChI is InChI=1S/C11H10O2/c12-10-7-3-5-8-4-1-2-6-9(8)11(10)13/h1-2,4,6H,3,5,7H2. The van der Waals surface area contributed by atoms with Gasteiger partial charge in [0.05, 0.1) is 0 Å². The van der Waals surface area contributed by atoms with Crippen LogP contribution in [0.2, 0.25) is 0 Å². The number of carbonyl (C=O) groups excluding carboxylic acids is 2. The summed E-state index contributed by atoms with van der Waals surface area (Å²) in [7, 11) is 0. The minimum atomic E-state index is -0.312. The van der Waals surface area contributed by atoms with Crippen LogP contribution in [0.3, 0.4) is 0 Å². The number of fused-ring (bicyclic) bond motifs is 1. The molecule has 1 aliphatic rings. The summed E-state index contributed by atoms with van der Waals surface area (Å²) in [6.07, 6.45) is 2.03. The highest BCUT2D eigenvalue weighted by molar-refractivity contribution is 6.44. The summed E-state index contributed by atoms with van der Waals surface area (Å²) in [5.74, 6) is -0.557. The van der Waals surface area contributed by atoms with Gasteiger partial charge in [-0.2, -0.15) is 0 Å². The first-order chi connectivity index (χ1) is 6.29. The van der Waals surface area contributed by atoms with Gasteiger partial charge in [-0.25, -0.2) is 0 Å². The van der Waals surface area contributed by atoms with Crippen LogP contribution in [0.25, 0.3) is 0 Å². The van der Waals surface area contributed by atoms with Crippen molar-refractivity contribution in [1.82, 2.24) is 0 Å². The second-order valence-corrected chi connectivity index (χ2v) is 3.26. The highest BCUT2D eigenvalue weighted by Crippen LogP contribution is 2.17. The third-order valence-electron chi connectivity index (χ3n) is 2.37. The van der Waals surface area contributed by atoms with Gasteiger partial charge in [0.15, 0.2) is 0 Å². The van der Waals surface area contributed by atoms with E-state index in [2.05, 4.69) is 0 Å². The highest BCUT2D eigenvalue weighted by Gasteiger charge is 2.21. The summed E-state index contributed by atoms with van der Waals surface area (Å²) in [6, 6.07) is 7.37. The van der Waals surface area contributed by atoms with Crippen molar-refractivity contribution in [3.63, 3.8) is 0 Å². The molecule has 1 aliphatic carbocycles. The number of ketones is 2. The normalized spacial score (nSPS) is 16.6. The number of aryl methyl sites for hydroxylation is 1. The number of carbonyl (C=O) groups is 2. The summed E-state index contributed by atoms with van der Waals surface area (Å²) < 4.78 is 0. The minimum Gasteiger partial charge on any atom is -0.290 e. The lowest BCUT2D eigenvalue weighted by Gasteiger charge is -2.00. The van der Waals surface area contributed by atoms with Crippen LogP contribution in [-0.2, 0) is 11.2 Å². The summed E-state index contributed by atoms with van der Waals surface area (Å²) in [5, 5.41) is 0. The largest absolute Gasteiger partial charge is 0.290 e. The Kier molecular flexibility index (Phi) is 1.97. The van der Waals surface area contributed by atoms with Crippen molar-refractivity contribution < 1.29 is 9.59 Å². The minimum absolute atomic E-state index is 0.245. The number of Topliss-reactive ketones (excluding diaryl/α,β-unsaturated/α-hetero) is 2. The molecule has 0 saturated heterocycles. The van der Waals surface area contributed by atoms with Gasteiger partial charge >= 0.3 is 0 Å². The molecule has 0 aromatic heterocycles. The van der Waals surface area contributed by atoms with Gasteiger partial charge < -0.3 is 0 Å². The van der Waals surface area contributed by atoms with Crippen LogP contribution in [0.5, 0.6) is 0 Å². The van der Waals surface area contributed by atoms with Crippen molar-refractivity contribution in [2.24, 2.45) is 0 Å². The Hall–Kier alpha value is -1.44. The predicted octanol–water partition coefficient (Wildman–Crippen LogP) is 1.77. The zero-order valence-electron chi connectivity index (χ0n) is 7.25. The van der Waals surface area contributed by atoms with E-state index in [1.54, 1.807) is 12.1 Å². The maximum absolute atomic E-state index is 11.5. The van der Waals surface area contributed by atoms with Crippen molar-refractivity contribution in [3.8, 4) is 0 Å². The molecule has 2 nitrogen and oxygen atoms in total. The Balaban J connectivity index is 2.52. The molecular formula is C11H10O2. The second-order valence-electron chi connectivity index (χ2n) is 3.26. The van der Waals surface area contributed by atoms with E-state index in [4.69, 9.17) is 0 Å². The van der Waals surface area contributed by atoms with E-state index in [9.17, 15) is 9.59 Å². The Bertz CT molecular complexity index is 366. The number of benzene rings is 1. The van der Waals surface area contributed by atoms with E-state index < -0.39 is 0 Å². The van der Waals surface area contributed by atoms with Gasteiger partial charge in [-0.15, -0.1) is 0 Å². The highest BCUT2D eigenvalue weighted by atomic mass is 16.2. The molecule has 0 amide bonds. The molecule has 0 heterocycles. The van der Waals surface area contributed by atoms with Gasteiger partial charge in [-0.05, 0) is 18.4 Å². The fourth-order valence-electron chi connectivity index (χ4n) is 1.66. The fourth-order valence-corrected chi connectivity index (χ4v) is 1.66. The van der Waals surface area contributed by atoms with Crippen LogP contribution >= 0.6 is 0 Å². The lowest BCUT2D eigenvalue weighted by Crippen LogP contribution is -2.12. The fraction of sp³-hybridized carbons (Fsp3) is 0.273. The number of hydrogen-bond donors (Lipinski definition) is 0. The average Bonchev–Trinajstić information content (AvgIpc) is 2.29. The first-order valence-corrected chi connectivity index (χ1v) is 4.44. The van der Waals surface area contributed by atoms with Gasteiger partial charge in [-0.1, -0.05) is 24.3 Å². The van der Waals surface area contributed by atoms with Crippen LogP contribution < -0.4 is 0 Å². The van der Waals surface area contributed by atoms with Crippen LogP contribution in [0, 0.1) is 0 Å². The topological polar surface area (TPSA) is 34.1 Å². The monoisotopic (exact) mass is 174 g/mol. The summed E-state index contributed by atoms with van der Waals surface area (Å²) in [5.41, 5.74) is 1.61. The quantitative estimate of drug-likeness (QED) is 0.443. The molecule has 66 valence electrons. The third kappa shape index (κ3) is 1.39. The molecule has 0 bridgehead atoms. The zero-order valence-corrected chi connectivity index (χ0v) is 7.25. The molecule has 0 N–H and O–H groups in total. The SMILES string of the molecule is O=C1CCCc2ccccc2C1=O.